The van der Waals surface area contributed by atoms with Crippen molar-refractivity contribution in [3.05, 3.63) is 65.0 Å². The molecule has 0 atom stereocenters. The van der Waals surface area contributed by atoms with Crippen molar-refractivity contribution in [1.29, 1.82) is 0 Å². The minimum atomic E-state index is -0.214. The van der Waals surface area contributed by atoms with Crippen LogP contribution in [0.1, 0.15) is 45.8 Å². The van der Waals surface area contributed by atoms with Crippen molar-refractivity contribution in [1.82, 2.24) is 15.2 Å². The molecule has 126 valence electrons. The zero-order chi connectivity index (χ0) is 17.5. The number of carbonyl (C=O) groups excluding carboxylic acids is 2. The molecule has 1 aromatic heterocycles. The van der Waals surface area contributed by atoms with Crippen molar-refractivity contribution in [2.45, 2.75) is 27.3 Å². The number of benzene rings is 1. The summed E-state index contributed by atoms with van der Waals surface area (Å²) in [5.74, 6) is -0.372. The van der Waals surface area contributed by atoms with Gasteiger partial charge in [-0.3, -0.25) is 14.6 Å². The fourth-order valence-corrected chi connectivity index (χ4v) is 2.45. The summed E-state index contributed by atoms with van der Waals surface area (Å²) in [7, 11) is 0. The molecule has 1 aromatic carbocycles. The monoisotopic (exact) mass is 325 g/mol. The van der Waals surface area contributed by atoms with E-state index < -0.39 is 0 Å². The van der Waals surface area contributed by atoms with Crippen LogP contribution in [-0.2, 0) is 6.54 Å². The number of pyridine rings is 1. The zero-order valence-corrected chi connectivity index (χ0v) is 14.4. The summed E-state index contributed by atoms with van der Waals surface area (Å²) in [4.78, 5) is 30.5. The predicted octanol–water partition coefficient (Wildman–Crippen LogP) is 2.80. The molecule has 5 nitrogen and oxygen atoms in total. The Morgan fingerprint density at radius 2 is 1.83 bits per heavy atom. The van der Waals surface area contributed by atoms with Gasteiger partial charge in [0.05, 0.1) is 0 Å². The van der Waals surface area contributed by atoms with Gasteiger partial charge >= 0.3 is 0 Å². The van der Waals surface area contributed by atoms with E-state index in [4.69, 9.17) is 0 Å². The SMILES string of the molecule is CCN(CC)C(=O)c1cc(C(=O)NCc2ccccc2C)ccn1. The van der Waals surface area contributed by atoms with Crippen molar-refractivity contribution < 1.29 is 9.59 Å². The first-order chi connectivity index (χ1) is 11.6. The lowest BCUT2D eigenvalue weighted by Crippen LogP contribution is -2.31. The number of nitrogens with zero attached hydrogens (tertiary/aromatic N) is 2. The van der Waals surface area contributed by atoms with Crippen molar-refractivity contribution in [3.8, 4) is 0 Å². The van der Waals surface area contributed by atoms with E-state index in [1.807, 2.05) is 45.0 Å². The van der Waals surface area contributed by atoms with Gasteiger partial charge in [-0.25, -0.2) is 0 Å². The van der Waals surface area contributed by atoms with Gasteiger partial charge in [0.2, 0.25) is 0 Å². The van der Waals surface area contributed by atoms with Crippen LogP contribution in [0.2, 0.25) is 0 Å². The van der Waals surface area contributed by atoms with E-state index in [0.717, 1.165) is 11.1 Å². The molecule has 0 bridgehead atoms. The molecule has 0 saturated carbocycles. The minimum absolute atomic E-state index is 0.159. The number of aromatic nitrogens is 1. The topological polar surface area (TPSA) is 62.3 Å². The molecule has 0 unspecified atom stereocenters. The second kappa shape index (κ2) is 8.24. The number of hydrogen-bond acceptors (Lipinski definition) is 3. The molecule has 1 heterocycles. The minimum Gasteiger partial charge on any atom is -0.348 e. The van der Waals surface area contributed by atoms with Crippen LogP contribution >= 0.6 is 0 Å². The van der Waals surface area contributed by atoms with Crippen LogP contribution in [0, 0.1) is 6.92 Å². The molecule has 0 fully saturated rings. The van der Waals surface area contributed by atoms with Crippen molar-refractivity contribution in [2.75, 3.05) is 13.1 Å². The molecule has 2 rings (SSSR count). The Balaban J connectivity index is 2.09. The van der Waals surface area contributed by atoms with Crippen molar-refractivity contribution >= 4 is 11.8 Å². The lowest BCUT2D eigenvalue weighted by atomic mass is 10.1. The second-order valence-corrected chi connectivity index (χ2v) is 5.52. The number of carbonyl (C=O) groups is 2. The predicted molar refractivity (Wildman–Crippen MR) is 93.8 cm³/mol. The first-order valence-electron chi connectivity index (χ1n) is 8.14. The van der Waals surface area contributed by atoms with Gasteiger partial charge in [-0.05, 0) is 44.0 Å². The van der Waals surface area contributed by atoms with Gasteiger partial charge in [-0.2, -0.15) is 0 Å². The number of hydrogen-bond donors (Lipinski definition) is 1. The highest BCUT2D eigenvalue weighted by Crippen LogP contribution is 2.09. The Bertz CT molecular complexity index is 724. The average molecular weight is 325 g/mol. The maximum absolute atomic E-state index is 12.3. The summed E-state index contributed by atoms with van der Waals surface area (Å²) < 4.78 is 0. The Kier molecular flexibility index (Phi) is 6.07. The number of amides is 2. The number of rotatable bonds is 6. The van der Waals surface area contributed by atoms with E-state index in [1.54, 1.807) is 17.0 Å². The second-order valence-electron chi connectivity index (χ2n) is 5.52. The van der Waals surface area contributed by atoms with Crippen LogP contribution in [-0.4, -0.2) is 34.8 Å². The molecule has 0 radical (unpaired) electrons. The molecule has 1 N–H and O–H groups in total. The van der Waals surface area contributed by atoms with E-state index in [9.17, 15) is 9.59 Å². The normalized spacial score (nSPS) is 10.3. The molecule has 5 heteroatoms. The van der Waals surface area contributed by atoms with E-state index in [0.29, 0.717) is 30.9 Å². The standard InChI is InChI=1S/C19H23N3O2/c1-4-22(5-2)19(24)17-12-15(10-11-20-17)18(23)21-13-16-9-7-6-8-14(16)3/h6-12H,4-5,13H2,1-3H3,(H,21,23). The van der Waals surface area contributed by atoms with E-state index in [1.165, 1.54) is 6.20 Å². The summed E-state index contributed by atoms with van der Waals surface area (Å²) in [6.07, 6.45) is 1.50. The van der Waals surface area contributed by atoms with E-state index >= 15 is 0 Å². The van der Waals surface area contributed by atoms with Crippen LogP contribution < -0.4 is 5.32 Å². The molecule has 24 heavy (non-hydrogen) atoms. The third-order valence-corrected chi connectivity index (χ3v) is 3.99. The maximum Gasteiger partial charge on any atom is 0.272 e. The highest BCUT2D eigenvalue weighted by molar-refractivity contribution is 5.98. The molecular formula is C19H23N3O2. The van der Waals surface area contributed by atoms with Gasteiger partial charge < -0.3 is 10.2 Å². The quantitative estimate of drug-likeness (QED) is 0.888. The maximum atomic E-state index is 12.3. The lowest BCUT2D eigenvalue weighted by molar-refractivity contribution is 0.0767. The summed E-state index contributed by atoms with van der Waals surface area (Å²) in [5, 5.41) is 2.89. The molecule has 2 aromatic rings. The van der Waals surface area contributed by atoms with Crippen LogP contribution in [0.5, 0.6) is 0 Å². The number of nitrogens with one attached hydrogen (secondary N) is 1. The fraction of sp³-hybridized carbons (Fsp3) is 0.316. The van der Waals surface area contributed by atoms with Crippen LogP contribution in [0.15, 0.2) is 42.6 Å². The van der Waals surface area contributed by atoms with Gasteiger partial charge in [-0.1, -0.05) is 24.3 Å². The smallest absolute Gasteiger partial charge is 0.272 e. The summed E-state index contributed by atoms with van der Waals surface area (Å²) >= 11 is 0. The average Bonchev–Trinajstić information content (AvgIpc) is 2.62. The molecule has 0 saturated heterocycles. The van der Waals surface area contributed by atoms with Gasteiger partial charge in [0.1, 0.15) is 5.69 Å². The lowest BCUT2D eigenvalue weighted by Gasteiger charge is -2.18. The fourth-order valence-electron chi connectivity index (χ4n) is 2.45. The first-order valence-corrected chi connectivity index (χ1v) is 8.14. The third-order valence-electron chi connectivity index (χ3n) is 3.99. The Labute approximate surface area is 142 Å². The van der Waals surface area contributed by atoms with Gasteiger partial charge in [0, 0.05) is 31.4 Å². The molecule has 0 aliphatic carbocycles. The van der Waals surface area contributed by atoms with Crippen LogP contribution in [0.4, 0.5) is 0 Å². The zero-order valence-electron chi connectivity index (χ0n) is 14.4. The molecular weight excluding hydrogens is 302 g/mol. The molecule has 2 amide bonds. The van der Waals surface area contributed by atoms with Gasteiger partial charge in [-0.15, -0.1) is 0 Å². The number of aryl methyl sites for hydroxylation is 1. The van der Waals surface area contributed by atoms with E-state index in [-0.39, 0.29) is 11.8 Å². The highest BCUT2D eigenvalue weighted by atomic mass is 16.2. The van der Waals surface area contributed by atoms with Crippen molar-refractivity contribution in [3.63, 3.8) is 0 Å². The summed E-state index contributed by atoms with van der Waals surface area (Å²) in [6, 6.07) is 11.1. The molecule has 0 aliphatic rings. The Morgan fingerprint density at radius 3 is 2.50 bits per heavy atom. The van der Waals surface area contributed by atoms with Gasteiger partial charge in [0.15, 0.2) is 0 Å². The molecule has 0 spiro atoms. The third kappa shape index (κ3) is 4.19. The summed E-state index contributed by atoms with van der Waals surface area (Å²) in [6.45, 7) is 7.52. The Hall–Kier alpha value is -2.69. The Morgan fingerprint density at radius 1 is 1.12 bits per heavy atom. The highest BCUT2D eigenvalue weighted by Gasteiger charge is 2.16. The van der Waals surface area contributed by atoms with Crippen molar-refractivity contribution in [2.24, 2.45) is 0 Å². The van der Waals surface area contributed by atoms with E-state index in [2.05, 4.69) is 10.3 Å². The summed E-state index contributed by atoms with van der Waals surface area (Å²) in [5.41, 5.74) is 2.93. The van der Waals surface area contributed by atoms with Gasteiger partial charge in [0.25, 0.3) is 11.8 Å². The van der Waals surface area contributed by atoms with Crippen LogP contribution in [0.3, 0.4) is 0 Å². The largest absolute Gasteiger partial charge is 0.348 e. The van der Waals surface area contributed by atoms with Crippen LogP contribution in [0.25, 0.3) is 0 Å². The molecule has 0 aliphatic heterocycles. The first kappa shape index (κ1) is 17.7.